The Labute approximate surface area is 111 Å². The Bertz CT molecular complexity index is 520. The average molecular weight is 260 g/mol. The fourth-order valence-corrected chi connectivity index (χ4v) is 1.92. The molecule has 0 aliphatic heterocycles. The first-order valence-electron chi connectivity index (χ1n) is 5.93. The second kappa shape index (κ2) is 6.04. The second-order valence-electron chi connectivity index (χ2n) is 4.08. The number of hydrogen-bond donors (Lipinski definition) is 0. The molecule has 0 saturated carbocycles. The number of imidazole rings is 1. The molecule has 1 aromatic heterocycles. The Hall–Kier alpha value is -2.30. The standard InChI is InChI=1S/C14H16N2O3/c1-18-12-5-3-11(4-6-12)13(9-14(17)19-2)16-8-7-15-10-16/h3-8,10,13H,9H2,1-2H3. The van der Waals surface area contributed by atoms with Gasteiger partial charge in [-0.25, -0.2) is 4.98 Å². The molecule has 5 nitrogen and oxygen atoms in total. The molecule has 0 amide bonds. The number of hydrogen-bond acceptors (Lipinski definition) is 4. The van der Waals surface area contributed by atoms with Gasteiger partial charge in [0, 0.05) is 12.4 Å². The zero-order valence-corrected chi connectivity index (χ0v) is 10.9. The number of nitrogens with zero attached hydrogens (tertiary/aromatic N) is 2. The van der Waals surface area contributed by atoms with Crippen LogP contribution in [-0.4, -0.2) is 29.7 Å². The van der Waals surface area contributed by atoms with E-state index >= 15 is 0 Å². The van der Waals surface area contributed by atoms with E-state index in [9.17, 15) is 4.79 Å². The third-order valence-corrected chi connectivity index (χ3v) is 2.97. The summed E-state index contributed by atoms with van der Waals surface area (Å²) in [7, 11) is 3.01. The maximum absolute atomic E-state index is 11.5. The van der Waals surface area contributed by atoms with E-state index in [1.165, 1.54) is 7.11 Å². The van der Waals surface area contributed by atoms with Gasteiger partial charge in [0.25, 0.3) is 0 Å². The minimum Gasteiger partial charge on any atom is -0.497 e. The van der Waals surface area contributed by atoms with Crippen molar-refractivity contribution in [1.29, 1.82) is 0 Å². The van der Waals surface area contributed by atoms with Gasteiger partial charge in [0.2, 0.25) is 0 Å². The number of rotatable bonds is 5. The Morgan fingerprint density at radius 1 is 1.32 bits per heavy atom. The maximum atomic E-state index is 11.5. The van der Waals surface area contributed by atoms with Crippen LogP contribution in [0.15, 0.2) is 43.0 Å². The van der Waals surface area contributed by atoms with Crippen molar-refractivity contribution in [2.24, 2.45) is 0 Å². The molecule has 2 aromatic rings. The molecule has 1 unspecified atom stereocenters. The smallest absolute Gasteiger partial charge is 0.307 e. The van der Waals surface area contributed by atoms with E-state index in [1.54, 1.807) is 19.6 Å². The van der Waals surface area contributed by atoms with Gasteiger partial charge in [0.05, 0.1) is 33.0 Å². The topological polar surface area (TPSA) is 53.4 Å². The molecule has 0 radical (unpaired) electrons. The van der Waals surface area contributed by atoms with Gasteiger partial charge in [-0.3, -0.25) is 4.79 Å². The summed E-state index contributed by atoms with van der Waals surface area (Å²) in [6.45, 7) is 0. The molecule has 0 aliphatic rings. The van der Waals surface area contributed by atoms with Gasteiger partial charge < -0.3 is 14.0 Å². The largest absolute Gasteiger partial charge is 0.497 e. The minimum absolute atomic E-state index is 0.124. The average Bonchev–Trinajstić information content (AvgIpc) is 2.98. The number of carbonyl (C=O) groups is 1. The fraction of sp³-hybridized carbons (Fsp3) is 0.286. The predicted octanol–water partition coefficient (Wildman–Crippen LogP) is 2.04. The summed E-state index contributed by atoms with van der Waals surface area (Å²) in [5, 5.41) is 0. The second-order valence-corrected chi connectivity index (χ2v) is 4.08. The third kappa shape index (κ3) is 3.13. The molecule has 1 atom stereocenters. The van der Waals surface area contributed by atoms with Gasteiger partial charge in [0.1, 0.15) is 5.75 Å². The van der Waals surface area contributed by atoms with E-state index in [-0.39, 0.29) is 18.4 Å². The van der Waals surface area contributed by atoms with Crippen molar-refractivity contribution in [3.63, 3.8) is 0 Å². The predicted molar refractivity (Wildman–Crippen MR) is 70.0 cm³/mol. The first-order valence-corrected chi connectivity index (χ1v) is 5.93. The number of esters is 1. The van der Waals surface area contributed by atoms with E-state index in [1.807, 2.05) is 35.0 Å². The highest BCUT2D eigenvalue weighted by molar-refractivity contribution is 5.70. The van der Waals surface area contributed by atoms with E-state index < -0.39 is 0 Å². The Kier molecular flexibility index (Phi) is 4.18. The highest BCUT2D eigenvalue weighted by Crippen LogP contribution is 2.24. The maximum Gasteiger partial charge on any atom is 0.307 e. The van der Waals surface area contributed by atoms with Crippen molar-refractivity contribution in [3.8, 4) is 5.75 Å². The Morgan fingerprint density at radius 3 is 2.58 bits per heavy atom. The summed E-state index contributed by atoms with van der Waals surface area (Å²) in [5.74, 6) is 0.528. The third-order valence-electron chi connectivity index (χ3n) is 2.97. The van der Waals surface area contributed by atoms with Crippen molar-refractivity contribution in [2.45, 2.75) is 12.5 Å². The summed E-state index contributed by atoms with van der Waals surface area (Å²) in [5.41, 5.74) is 1.00. The lowest BCUT2D eigenvalue weighted by molar-refractivity contribution is -0.141. The molecule has 0 N–H and O–H groups in total. The van der Waals surface area contributed by atoms with Crippen LogP contribution < -0.4 is 4.74 Å². The molecule has 0 bridgehead atoms. The highest BCUT2D eigenvalue weighted by atomic mass is 16.5. The molecule has 1 aromatic carbocycles. The molecule has 0 saturated heterocycles. The van der Waals surface area contributed by atoms with Gasteiger partial charge in [0.15, 0.2) is 0 Å². The SMILES string of the molecule is COC(=O)CC(c1ccc(OC)cc1)n1ccnc1. The first kappa shape index (κ1) is 13.1. The number of aromatic nitrogens is 2. The van der Waals surface area contributed by atoms with Crippen LogP contribution in [0.25, 0.3) is 0 Å². The van der Waals surface area contributed by atoms with Crippen LogP contribution in [0.2, 0.25) is 0 Å². The normalized spacial score (nSPS) is 11.9. The lowest BCUT2D eigenvalue weighted by atomic mass is 10.0. The van der Waals surface area contributed by atoms with Crippen LogP contribution in [0.1, 0.15) is 18.0 Å². The van der Waals surface area contributed by atoms with E-state index in [0.29, 0.717) is 0 Å². The summed E-state index contributed by atoms with van der Waals surface area (Å²) in [6, 6.07) is 7.49. The van der Waals surface area contributed by atoms with Gasteiger partial charge in [-0.2, -0.15) is 0 Å². The van der Waals surface area contributed by atoms with Crippen LogP contribution in [0.3, 0.4) is 0 Å². The van der Waals surface area contributed by atoms with Crippen LogP contribution in [0.4, 0.5) is 0 Å². The van der Waals surface area contributed by atoms with Gasteiger partial charge in [-0.15, -0.1) is 0 Å². The monoisotopic (exact) mass is 260 g/mol. The van der Waals surface area contributed by atoms with Crippen molar-refractivity contribution in [1.82, 2.24) is 9.55 Å². The van der Waals surface area contributed by atoms with Crippen LogP contribution in [-0.2, 0) is 9.53 Å². The van der Waals surface area contributed by atoms with Crippen molar-refractivity contribution in [3.05, 3.63) is 48.5 Å². The number of benzene rings is 1. The number of methoxy groups -OCH3 is 2. The van der Waals surface area contributed by atoms with Gasteiger partial charge >= 0.3 is 5.97 Å². The van der Waals surface area contributed by atoms with Crippen LogP contribution >= 0.6 is 0 Å². The van der Waals surface area contributed by atoms with Gasteiger partial charge in [-0.05, 0) is 17.7 Å². The lowest BCUT2D eigenvalue weighted by Gasteiger charge is -2.18. The molecule has 19 heavy (non-hydrogen) atoms. The van der Waals surface area contributed by atoms with Crippen molar-refractivity contribution in [2.75, 3.05) is 14.2 Å². The van der Waals surface area contributed by atoms with Crippen LogP contribution in [0, 0.1) is 0 Å². The molecule has 0 spiro atoms. The zero-order chi connectivity index (χ0) is 13.7. The van der Waals surface area contributed by atoms with Crippen molar-refractivity contribution >= 4 is 5.97 Å². The van der Waals surface area contributed by atoms with E-state index in [4.69, 9.17) is 9.47 Å². The van der Waals surface area contributed by atoms with E-state index in [2.05, 4.69) is 4.98 Å². The number of ether oxygens (including phenoxy) is 2. The Balaban J connectivity index is 2.28. The molecule has 0 fully saturated rings. The molecular weight excluding hydrogens is 244 g/mol. The van der Waals surface area contributed by atoms with Crippen LogP contribution in [0.5, 0.6) is 5.75 Å². The summed E-state index contributed by atoms with van der Waals surface area (Å²) in [4.78, 5) is 15.6. The molecule has 2 rings (SSSR count). The molecule has 100 valence electrons. The van der Waals surface area contributed by atoms with E-state index in [0.717, 1.165) is 11.3 Å². The first-order chi connectivity index (χ1) is 9.24. The summed E-state index contributed by atoms with van der Waals surface area (Å²) >= 11 is 0. The molecule has 0 aliphatic carbocycles. The molecule has 1 heterocycles. The highest BCUT2D eigenvalue weighted by Gasteiger charge is 2.18. The fourth-order valence-electron chi connectivity index (χ4n) is 1.92. The van der Waals surface area contributed by atoms with Crippen molar-refractivity contribution < 1.29 is 14.3 Å². The molecule has 5 heteroatoms. The zero-order valence-electron chi connectivity index (χ0n) is 10.9. The number of carbonyl (C=O) groups excluding carboxylic acids is 1. The molecular formula is C14H16N2O3. The summed E-state index contributed by atoms with van der Waals surface area (Å²) < 4.78 is 11.8. The quantitative estimate of drug-likeness (QED) is 0.772. The summed E-state index contributed by atoms with van der Waals surface area (Å²) in [6.07, 6.45) is 5.47. The minimum atomic E-state index is -0.255. The Morgan fingerprint density at radius 2 is 2.05 bits per heavy atom. The lowest BCUT2D eigenvalue weighted by Crippen LogP contribution is -2.15. The van der Waals surface area contributed by atoms with Gasteiger partial charge in [-0.1, -0.05) is 12.1 Å².